The highest BCUT2D eigenvalue weighted by Gasteiger charge is 2.21. The standard InChI is InChI=1S/C14H23NO.C2H6/c1-3-5-7-13-9-11-15(12-10-13)14(16)8-6-4-2;1-2/h13H,4,6-12H2,1-2H3;1-2H3. The fraction of sp³-hybridized carbons (Fsp3) is 0.812. The molecule has 0 N–H and O–H groups in total. The lowest BCUT2D eigenvalue weighted by molar-refractivity contribution is -0.132. The van der Waals surface area contributed by atoms with E-state index in [1.807, 2.05) is 25.7 Å². The smallest absolute Gasteiger partial charge is 0.222 e. The van der Waals surface area contributed by atoms with Gasteiger partial charge in [0, 0.05) is 25.9 Å². The Labute approximate surface area is 113 Å². The molecule has 0 aliphatic carbocycles. The van der Waals surface area contributed by atoms with Crippen LogP contribution in [-0.4, -0.2) is 23.9 Å². The Hall–Kier alpha value is -0.970. The molecule has 1 saturated heterocycles. The molecular weight excluding hydrogens is 222 g/mol. The van der Waals surface area contributed by atoms with Gasteiger partial charge in [-0.2, -0.15) is 0 Å². The number of likely N-dealkylation sites (tertiary alicyclic amines) is 1. The molecule has 0 bridgehead atoms. The molecule has 18 heavy (non-hydrogen) atoms. The summed E-state index contributed by atoms with van der Waals surface area (Å²) in [5.74, 6) is 7.15. The second-order valence-corrected chi connectivity index (χ2v) is 4.56. The SMILES string of the molecule is CC.CC#CCC1CCN(C(=O)CCCC)CC1. The molecular formula is C16H29NO. The number of nitrogens with zero attached hydrogens (tertiary/aromatic N) is 1. The highest BCUT2D eigenvalue weighted by Crippen LogP contribution is 2.20. The molecule has 0 aromatic rings. The van der Waals surface area contributed by atoms with Gasteiger partial charge in [-0.25, -0.2) is 0 Å². The van der Waals surface area contributed by atoms with Crippen molar-refractivity contribution in [2.24, 2.45) is 5.92 Å². The van der Waals surface area contributed by atoms with Gasteiger partial charge in [-0.05, 0) is 32.1 Å². The Kier molecular flexibility index (Phi) is 10.5. The molecule has 1 amide bonds. The van der Waals surface area contributed by atoms with Crippen molar-refractivity contribution in [1.82, 2.24) is 4.90 Å². The molecule has 2 heteroatoms. The van der Waals surface area contributed by atoms with Gasteiger partial charge in [0.15, 0.2) is 0 Å². The molecule has 0 unspecified atom stereocenters. The van der Waals surface area contributed by atoms with Crippen LogP contribution in [0.4, 0.5) is 0 Å². The van der Waals surface area contributed by atoms with Crippen molar-refractivity contribution in [1.29, 1.82) is 0 Å². The number of unbranched alkanes of at least 4 members (excludes halogenated alkanes) is 1. The summed E-state index contributed by atoms with van der Waals surface area (Å²) in [6.45, 7) is 9.91. The van der Waals surface area contributed by atoms with Crippen molar-refractivity contribution in [2.75, 3.05) is 13.1 Å². The van der Waals surface area contributed by atoms with E-state index in [0.717, 1.165) is 51.6 Å². The number of amides is 1. The first kappa shape index (κ1) is 17.0. The van der Waals surface area contributed by atoms with Gasteiger partial charge in [0.25, 0.3) is 0 Å². The molecule has 104 valence electrons. The molecule has 0 spiro atoms. The van der Waals surface area contributed by atoms with E-state index in [1.165, 1.54) is 0 Å². The van der Waals surface area contributed by atoms with Gasteiger partial charge in [-0.1, -0.05) is 27.2 Å². The van der Waals surface area contributed by atoms with Crippen LogP contribution in [0.2, 0.25) is 0 Å². The summed E-state index contributed by atoms with van der Waals surface area (Å²) in [6, 6.07) is 0. The van der Waals surface area contributed by atoms with Crippen LogP contribution in [0.5, 0.6) is 0 Å². The zero-order chi connectivity index (χ0) is 13.8. The molecule has 2 nitrogen and oxygen atoms in total. The summed E-state index contributed by atoms with van der Waals surface area (Å²) in [5.41, 5.74) is 0. The molecule has 0 aromatic heterocycles. The van der Waals surface area contributed by atoms with Crippen molar-refractivity contribution < 1.29 is 4.79 Å². The van der Waals surface area contributed by atoms with Crippen LogP contribution in [-0.2, 0) is 4.79 Å². The third-order valence-electron chi connectivity index (χ3n) is 3.28. The average Bonchev–Trinajstić information content (AvgIpc) is 2.45. The Morgan fingerprint density at radius 1 is 1.28 bits per heavy atom. The van der Waals surface area contributed by atoms with E-state index in [-0.39, 0.29) is 0 Å². The van der Waals surface area contributed by atoms with Gasteiger partial charge < -0.3 is 4.90 Å². The quantitative estimate of drug-likeness (QED) is 0.695. The lowest BCUT2D eigenvalue weighted by atomic mass is 9.93. The van der Waals surface area contributed by atoms with Gasteiger partial charge in [0.2, 0.25) is 5.91 Å². The van der Waals surface area contributed by atoms with Crippen LogP contribution in [0.15, 0.2) is 0 Å². The predicted octanol–water partition coefficient (Wildman–Crippen LogP) is 3.85. The zero-order valence-corrected chi connectivity index (χ0v) is 12.6. The number of hydrogen-bond acceptors (Lipinski definition) is 1. The molecule has 0 saturated carbocycles. The van der Waals surface area contributed by atoms with E-state index < -0.39 is 0 Å². The van der Waals surface area contributed by atoms with Crippen molar-refractivity contribution in [2.45, 2.75) is 66.2 Å². The second-order valence-electron chi connectivity index (χ2n) is 4.56. The van der Waals surface area contributed by atoms with E-state index in [2.05, 4.69) is 18.8 Å². The minimum absolute atomic E-state index is 0.349. The molecule has 0 aromatic carbocycles. The molecule has 0 radical (unpaired) electrons. The van der Waals surface area contributed by atoms with Gasteiger partial charge in [-0.15, -0.1) is 11.8 Å². The van der Waals surface area contributed by atoms with Gasteiger partial charge in [-0.3, -0.25) is 4.79 Å². The summed E-state index contributed by atoms with van der Waals surface area (Å²) in [7, 11) is 0. The van der Waals surface area contributed by atoms with Crippen molar-refractivity contribution in [3.05, 3.63) is 0 Å². The fourth-order valence-corrected chi connectivity index (χ4v) is 2.12. The number of hydrogen-bond donors (Lipinski definition) is 0. The number of carbonyl (C=O) groups excluding carboxylic acids is 1. The Balaban J connectivity index is 0.00000137. The Morgan fingerprint density at radius 3 is 2.39 bits per heavy atom. The number of carbonyl (C=O) groups is 1. The number of rotatable bonds is 4. The largest absolute Gasteiger partial charge is 0.343 e. The molecule has 1 heterocycles. The van der Waals surface area contributed by atoms with Crippen LogP contribution in [0, 0.1) is 17.8 Å². The molecule has 0 atom stereocenters. The Bertz CT molecular complexity index is 267. The summed E-state index contributed by atoms with van der Waals surface area (Å²) < 4.78 is 0. The van der Waals surface area contributed by atoms with Gasteiger partial charge >= 0.3 is 0 Å². The Morgan fingerprint density at radius 2 is 1.89 bits per heavy atom. The first-order valence-electron chi connectivity index (χ1n) is 7.45. The number of piperidine rings is 1. The maximum absolute atomic E-state index is 11.8. The molecule has 1 fully saturated rings. The van der Waals surface area contributed by atoms with Crippen molar-refractivity contribution >= 4 is 5.91 Å². The summed E-state index contributed by atoms with van der Waals surface area (Å²) >= 11 is 0. The third-order valence-corrected chi connectivity index (χ3v) is 3.28. The van der Waals surface area contributed by atoms with Gasteiger partial charge in [0.05, 0.1) is 0 Å². The van der Waals surface area contributed by atoms with E-state index in [0.29, 0.717) is 11.8 Å². The lowest BCUT2D eigenvalue weighted by Gasteiger charge is -2.31. The topological polar surface area (TPSA) is 20.3 Å². The normalized spacial score (nSPS) is 15.2. The molecule has 1 aliphatic rings. The van der Waals surface area contributed by atoms with Crippen LogP contribution in [0.3, 0.4) is 0 Å². The summed E-state index contributed by atoms with van der Waals surface area (Å²) in [4.78, 5) is 13.8. The predicted molar refractivity (Wildman–Crippen MR) is 78.2 cm³/mol. The first-order valence-corrected chi connectivity index (χ1v) is 7.45. The van der Waals surface area contributed by atoms with E-state index in [1.54, 1.807) is 0 Å². The second kappa shape index (κ2) is 11.1. The monoisotopic (exact) mass is 251 g/mol. The van der Waals surface area contributed by atoms with Crippen molar-refractivity contribution in [3.63, 3.8) is 0 Å². The molecule has 1 rings (SSSR count). The first-order chi connectivity index (χ1) is 8.77. The average molecular weight is 251 g/mol. The van der Waals surface area contributed by atoms with E-state index in [9.17, 15) is 4.79 Å². The molecule has 1 aliphatic heterocycles. The summed E-state index contributed by atoms with van der Waals surface area (Å²) in [6.07, 6.45) is 6.14. The highest BCUT2D eigenvalue weighted by molar-refractivity contribution is 5.76. The van der Waals surface area contributed by atoms with E-state index in [4.69, 9.17) is 0 Å². The maximum Gasteiger partial charge on any atom is 0.222 e. The van der Waals surface area contributed by atoms with Crippen LogP contribution < -0.4 is 0 Å². The fourth-order valence-electron chi connectivity index (χ4n) is 2.12. The zero-order valence-electron chi connectivity index (χ0n) is 12.6. The van der Waals surface area contributed by atoms with Gasteiger partial charge in [0.1, 0.15) is 0 Å². The minimum atomic E-state index is 0.349. The lowest BCUT2D eigenvalue weighted by Crippen LogP contribution is -2.38. The summed E-state index contributed by atoms with van der Waals surface area (Å²) in [5, 5.41) is 0. The van der Waals surface area contributed by atoms with Crippen LogP contribution >= 0.6 is 0 Å². The van der Waals surface area contributed by atoms with Crippen molar-refractivity contribution in [3.8, 4) is 11.8 Å². The van der Waals surface area contributed by atoms with E-state index >= 15 is 0 Å². The van der Waals surface area contributed by atoms with Crippen LogP contribution in [0.1, 0.15) is 66.2 Å². The highest BCUT2D eigenvalue weighted by atomic mass is 16.2. The third kappa shape index (κ3) is 6.69. The minimum Gasteiger partial charge on any atom is -0.343 e. The maximum atomic E-state index is 11.8. The van der Waals surface area contributed by atoms with Crippen LogP contribution in [0.25, 0.3) is 0 Å².